The second-order valence-electron chi connectivity index (χ2n) is 9.22. The van der Waals surface area contributed by atoms with E-state index in [2.05, 4.69) is 0 Å². The molecule has 0 spiro atoms. The standard InChI is InChI=1S/C27H23NO9/c1-37-12-7-5-11(6-8-12)9-14-13-3-2-4-16(29)18(13)23(32)21-19(14)22(31)15-10-17(30)20(26(28)35)24(33)27(15,36)25(21)34/h2-9,15,19,22,29-31,34,36H,10H2,1H3,(H2,28,35)/b14-9+/t15-,19-,22-,27-/m1/s1. The summed E-state index contributed by atoms with van der Waals surface area (Å²) in [5.74, 6) is -8.03. The number of hydrogen-bond acceptors (Lipinski definition) is 9. The van der Waals surface area contributed by atoms with Crippen LogP contribution in [0.3, 0.4) is 0 Å². The number of primary amides is 1. The van der Waals surface area contributed by atoms with Crippen molar-refractivity contribution >= 4 is 29.1 Å². The molecule has 3 aliphatic carbocycles. The van der Waals surface area contributed by atoms with Crippen molar-refractivity contribution < 1.29 is 44.7 Å². The molecule has 190 valence electrons. The van der Waals surface area contributed by atoms with Gasteiger partial charge in [0.25, 0.3) is 5.91 Å². The third-order valence-corrected chi connectivity index (χ3v) is 7.34. The molecule has 2 aromatic carbocycles. The number of methoxy groups -OCH3 is 1. The molecule has 0 aliphatic heterocycles. The zero-order valence-corrected chi connectivity index (χ0v) is 19.5. The van der Waals surface area contributed by atoms with Crippen molar-refractivity contribution in [1.29, 1.82) is 0 Å². The average Bonchev–Trinajstić information content (AvgIpc) is 2.86. The Hall–Kier alpha value is -4.41. The summed E-state index contributed by atoms with van der Waals surface area (Å²) in [6, 6.07) is 11.2. The number of benzene rings is 2. The number of fused-ring (bicyclic) bond motifs is 3. The molecule has 2 aromatic rings. The summed E-state index contributed by atoms with van der Waals surface area (Å²) in [6.07, 6.45) is -0.586. The molecule has 37 heavy (non-hydrogen) atoms. The number of allylic oxidation sites excluding steroid dienone is 1. The number of nitrogens with two attached hydrogens (primary N) is 1. The van der Waals surface area contributed by atoms with Gasteiger partial charge in [-0.15, -0.1) is 0 Å². The molecule has 7 N–H and O–H groups in total. The van der Waals surface area contributed by atoms with Crippen LogP contribution >= 0.6 is 0 Å². The van der Waals surface area contributed by atoms with Crippen LogP contribution in [-0.2, 0) is 9.59 Å². The SMILES string of the molecule is COc1ccc(/C=C2\c3cccc(O)c3C(=O)C3=C(O)[C@]4(O)C(=O)C(C(N)=O)=C(O)C[C@@H]4[C@@H](O)[C@@H]32)cc1. The Morgan fingerprint density at radius 1 is 1.11 bits per heavy atom. The van der Waals surface area contributed by atoms with E-state index < -0.39 is 75.8 Å². The highest BCUT2D eigenvalue weighted by Gasteiger charge is 2.63. The van der Waals surface area contributed by atoms with Crippen molar-refractivity contribution in [1.82, 2.24) is 0 Å². The van der Waals surface area contributed by atoms with Crippen LogP contribution in [0.1, 0.15) is 27.9 Å². The van der Waals surface area contributed by atoms with Gasteiger partial charge >= 0.3 is 0 Å². The molecule has 0 unspecified atom stereocenters. The lowest BCUT2D eigenvalue weighted by molar-refractivity contribution is -0.152. The van der Waals surface area contributed by atoms with E-state index in [9.17, 15) is 39.9 Å². The fourth-order valence-corrected chi connectivity index (χ4v) is 5.57. The van der Waals surface area contributed by atoms with E-state index in [4.69, 9.17) is 10.5 Å². The zero-order chi connectivity index (χ0) is 26.8. The molecule has 0 saturated carbocycles. The summed E-state index contributed by atoms with van der Waals surface area (Å²) in [5.41, 5.74) is 1.94. The van der Waals surface area contributed by atoms with Gasteiger partial charge in [-0.1, -0.05) is 30.3 Å². The van der Waals surface area contributed by atoms with E-state index >= 15 is 0 Å². The van der Waals surface area contributed by atoms with Crippen molar-refractivity contribution in [2.24, 2.45) is 17.6 Å². The number of carbonyl (C=O) groups excluding carboxylic acids is 3. The first-order valence-electron chi connectivity index (χ1n) is 11.4. The summed E-state index contributed by atoms with van der Waals surface area (Å²) in [4.78, 5) is 38.6. The molecule has 0 saturated heterocycles. The van der Waals surface area contributed by atoms with E-state index in [1.807, 2.05) is 0 Å². The molecule has 0 bridgehead atoms. The number of aromatic hydroxyl groups is 1. The smallest absolute Gasteiger partial charge is 0.255 e. The molecular formula is C27H23NO9. The first-order valence-corrected chi connectivity index (χ1v) is 11.4. The Morgan fingerprint density at radius 2 is 1.78 bits per heavy atom. The van der Waals surface area contributed by atoms with Gasteiger partial charge < -0.3 is 36.0 Å². The maximum Gasteiger partial charge on any atom is 0.255 e. The largest absolute Gasteiger partial charge is 0.511 e. The third-order valence-electron chi connectivity index (χ3n) is 7.34. The quantitative estimate of drug-likeness (QED) is 0.336. The minimum Gasteiger partial charge on any atom is -0.511 e. The lowest BCUT2D eigenvalue weighted by atomic mass is 9.57. The molecular weight excluding hydrogens is 482 g/mol. The van der Waals surface area contributed by atoms with Gasteiger partial charge in [0.1, 0.15) is 28.6 Å². The summed E-state index contributed by atoms with van der Waals surface area (Å²) in [7, 11) is 1.51. The number of aliphatic hydroxyl groups excluding tert-OH is 3. The Morgan fingerprint density at radius 3 is 2.41 bits per heavy atom. The second-order valence-corrected chi connectivity index (χ2v) is 9.22. The number of hydrogen-bond donors (Lipinski definition) is 6. The monoisotopic (exact) mass is 505 g/mol. The molecule has 5 rings (SSSR count). The zero-order valence-electron chi connectivity index (χ0n) is 19.5. The molecule has 3 aliphatic rings. The normalized spacial score (nSPS) is 28.1. The highest BCUT2D eigenvalue weighted by atomic mass is 16.5. The maximum absolute atomic E-state index is 13.6. The number of aliphatic hydroxyl groups is 4. The average molecular weight is 505 g/mol. The molecule has 0 aromatic heterocycles. The third kappa shape index (κ3) is 3.30. The highest BCUT2D eigenvalue weighted by Crippen LogP contribution is 2.55. The van der Waals surface area contributed by atoms with Crippen molar-refractivity contribution in [3.8, 4) is 11.5 Å². The van der Waals surface area contributed by atoms with Gasteiger partial charge in [0, 0.05) is 18.3 Å². The van der Waals surface area contributed by atoms with Crippen LogP contribution in [0, 0.1) is 11.8 Å². The van der Waals surface area contributed by atoms with Crippen LogP contribution in [0.25, 0.3) is 11.6 Å². The van der Waals surface area contributed by atoms with Crippen LogP contribution in [0.15, 0.2) is 65.1 Å². The van der Waals surface area contributed by atoms with Crippen LogP contribution in [-0.4, -0.2) is 61.8 Å². The molecule has 4 atom stereocenters. The number of rotatable bonds is 3. The van der Waals surface area contributed by atoms with E-state index in [1.54, 1.807) is 36.4 Å². The molecule has 0 fully saturated rings. The number of ether oxygens (including phenoxy) is 1. The Kier molecular flexibility index (Phi) is 5.47. The summed E-state index contributed by atoms with van der Waals surface area (Å²) >= 11 is 0. The predicted octanol–water partition coefficient (Wildman–Crippen LogP) is 1.56. The Labute approximate surface area is 210 Å². The minimum absolute atomic E-state index is 0.189. The number of carbonyl (C=O) groups is 3. The molecule has 0 radical (unpaired) electrons. The molecule has 1 amide bonds. The topological polar surface area (TPSA) is 188 Å². The minimum atomic E-state index is -2.90. The molecule has 0 heterocycles. The van der Waals surface area contributed by atoms with Crippen molar-refractivity contribution in [2.45, 2.75) is 18.1 Å². The van der Waals surface area contributed by atoms with Gasteiger partial charge in [-0.2, -0.15) is 0 Å². The molecule has 10 heteroatoms. The van der Waals surface area contributed by atoms with Gasteiger partial charge in [0.15, 0.2) is 11.4 Å². The number of phenolic OH excluding ortho intramolecular Hbond substituents is 1. The fraction of sp³-hybridized carbons (Fsp3) is 0.222. The van der Waals surface area contributed by atoms with Crippen LogP contribution < -0.4 is 10.5 Å². The lowest BCUT2D eigenvalue weighted by Crippen LogP contribution is -2.62. The van der Waals surface area contributed by atoms with Gasteiger partial charge in [-0.05, 0) is 34.9 Å². The van der Waals surface area contributed by atoms with Crippen molar-refractivity contribution in [2.75, 3.05) is 7.11 Å². The summed E-state index contributed by atoms with van der Waals surface area (Å²) < 4.78 is 5.18. The summed E-state index contributed by atoms with van der Waals surface area (Å²) in [6.45, 7) is 0. The predicted molar refractivity (Wildman–Crippen MR) is 129 cm³/mol. The van der Waals surface area contributed by atoms with Gasteiger partial charge in [-0.25, -0.2) is 0 Å². The van der Waals surface area contributed by atoms with Crippen LogP contribution in [0.4, 0.5) is 0 Å². The number of Topliss-reactive ketones (excluding diaryl/α,β-unsaturated/α-hetero) is 2. The van der Waals surface area contributed by atoms with E-state index in [0.29, 0.717) is 16.9 Å². The van der Waals surface area contributed by atoms with E-state index in [1.165, 1.54) is 19.2 Å². The first kappa shape index (κ1) is 24.3. The van der Waals surface area contributed by atoms with Crippen molar-refractivity contribution in [3.63, 3.8) is 0 Å². The highest BCUT2D eigenvalue weighted by molar-refractivity contribution is 6.25. The van der Waals surface area contributed by atoms with Crippen LogP contribution in [0.5, 0.6) is 11.5 Å². The van der Waals surface area contributed by atoms with E-state index in [0.717, 1.165) is 0 Å². The van der Waals surface area contributed by atoms with E-state index in [-0.39, 0.29) is 11.1 Å². The van der Waals surface area contributed by atoms with Crippen molar-refractivity contribution in [3.05, 3.63) is 81.8 Å². The number of ketones is 2. The van der Waals surface area contributed by atoms with Gasteiger partial charge in [0.05, 0.1) is 24.4 Å². The second kappa shape index (κ2) is 8.32. The Balaban J connectivity index is 1.79. The maximum atomic E-state index is 13.6. The molecule has 10 nitrogen and oxygen atoms in total. The number of amides is 1. The number of phenols is 1. The van der Waals surface area contributed by atoms with Crippen LogP contribution in [0.2, 0.25) is 0 Å². The Bertz CT molecular complexity index is 1470. The first-order chi connectivity index (χ1) is 17.5. The van der Waals surface area contributed by atoms with Gasteiger partial charge in [-0.3, -0.25) is 14.4 Å². The lowest BCUT2D eigenvalue weighted by Gasteiger charge is -2.49. The fourth-order valence-electron chi connectivity index (χ4n) is 5.57. The summed E-state index contributed by atoms with van der Waals surface area (Å²) in [5, 5.41) is 55.1. The van der Waals surface area contributed by atoms with Gasteiger partial charge in [0.2, 0.25) is 5.78 Å².